The molecular weight excluding hydrogens is 164 g/mol. The minimum atomic E-state index is -0.0641. The summed E-state index contributed by atoms with van der Waals surface area (Å²) in [6.07, 6.45) is 6.84. The quantitative estimate of drug-likeness (QED) is 0.468. The SMILES string of the molecule is CCC=CCC(CC)C(=O)OCC. The van der Waals surface area contributed by atoms with Crippen LogP contribution in [0.4, 0.5) is 0 Å². The van der Waals surface area contributed by atoms with E-state index in [1.807, 2.05) is 13.8 Å². The monoisotopic (exact) mass is 184 g/mol. The molecule has 0 fully saturated rings. The molecule has 0 aromatic heterocycles. The molecule has 0 radical (unpaired) electrons. The van der Waals surface area contributed by atoms with Gasteiger partial charge in [-0.25, -0.2) is 0 Å². The minimum Gasteiger partial charge on any atom is -0.466 e. The highest BCUT2D eigenvalue weighted by atomic mass is 16.5. The third-order valence-electron chi connectivity index (χ3n) is 1.94. The number of carbonyl (C=O) groups excluding carboxylic acids is 1. The molecule has 1 atom stereocenters. The zero-order chi connectivity index (χ0) is 10.1. The first-order valence-corrected chi connectivity index (χ1v) is 5.07. The van der Waals surface area contributed by atoms with E-state index >= 15 is 0 Å². The second-order valence-electron chi connectivity index (χ2n) is 2.97. The molecule has 0 heterocycles. The van der Waals surface area contributed by atoms with Gasteiger partial charge in [-0.3, -0.25) is 4.79 Å². The van der Waals surface area contributed by atoms with Crippen molar-refractivity contribution in [2.75, 3.05) is 6.61 Å². The molecule has 13 heavy (non-hydrogen) atoms. The third kappa shape index (κ3) is 5.45. The van der Waals surface area contributed by atoms with Gasteiger partial charge in [0.15, 0.2) is 0 Å². The molecule has 2 heteroatoms. The number of esters is 1. The summed E-state index contributed by atoms with van der Waals surface area (Å²) in [6.45, 7) is 6.42. The Morgan fingerprint density at radius 1 is 1.31 bits per heavy atom. The summed E-state index contributed by atoms with van der Waals surface area (Å²) in [5.74, 6) is -0.0199. The van der Waals surface area contributed by atoms with Crippen LogP contribution in [0.5, 0.6) is 0 Å². The summed E-state index contributed by atoms with van der Waals surface area (Å²) in [7, 11) is 0. The van der Waals surface area contributed by atoms with E-state index in [4.69, 9.17) is 4.74 Å². The van der Waals surface area contributed by atoms with Gasteiger partial charge in [0.05, 0.1) is 12.5 Å². The van der Waals surface area contributed by atoms with Crippen LogP contribution >= 0.6 is 0 Å². The fourth-order valence-electron chi connectivity index (χ4n) is 1.12. The van der Waals surface area contributed by atoms with E-state index in [0.29, 0.717) is 6.61 Å². The van der Waals surface area contributed by atoms with Gasteiger partial charge < -0.3 is 4.74 Å². The van der Waals surface area contributed by atoms with Crippen molar-refractivity contribution in [3.8, 4) is 0 Å². The number of rotatable bonds is 6. The molecule has 0 rings (SSSR count). The number of ether oxygens (including phenoxy) is 1. The fraction of sp³-hybridized carbons (Fsp3) is 0.727. The largest absolute Gasteiger partial charge is 0.466 e. The number of hydrogen-bond acceptors (Lipinski definition) is 2. The van der Waals surface area contributed by atoms with Crippen molar-refractivity contribution in [3.63, 3.8) is 0 Å². The van der Waals surface area contributed by atoms with Gasteiger partial charge in [0.25, 0.3) is 0 Å². The van der Waals surface area contributed by atoms with Gasteiger partial charge in [-0.2, -0.15) is 0 Å². The van der Waals surface area contributed by atoms with Crippen LogP contribution in [-0.4, -0.2) is 12.6 Å². The summed E-state index contributed by atoms with van der Waals surface area (Å²) in [6, 6.07) is 0. The van der Waals surface area contributed by atoms with Crippen LogP contribution in [0.3, 0.4) is 0 Å². The van der Waals surface area contributed by atoms with Gasteiger partial charge in [0, 0.05) is 0 Å². The Balaban J connectivity index is 3.87. The van der Waals surface area contributed by atoms with E-state index in [1.54, 1.807) is 0 Å². The molecular formula is C11H20O2. The average molecular weight is 184 g/mol. The van der Waals surface area contributed by atoms with Crippen LogP contribution in [-0.2, 0) is 9.53 Å². The highest BCUT2D eigenvalue weighted by molar-refractivity contribution is 5.72. The molecule has 0 aliphatic carbocycles. The highest BCUT2D eigenvalue weighted by Crippen LogP contribution is 2.11. The normalized spacial score (nSPS) is 13.2. The molecule has 0 spiro atoms. The summed E-state index contributed by atoms with van der Waals surface area (Å²) in [4.78, 5) is 11.3. The van der Waals surface area contributed by atoms with Crippen LogP contribution in [0.25, 0.3) is 0 Å². The van der Waals surface area contributed by atoms with E-state index in [9.17, 15) is 4.79 Å². The number of carbonyl (C=O) groups is 1. The second kappa shape index (κ2) is 7.84. The van der Waals surface area contributed by atoms with Gasteiger partial charge >= 0.3 is 5.97 Å². The molecule has 0 amide bonds. The summed E-state index contributed by atoms with van der Waals surface area (Å²) in [5.41, 5.74) is 0. The molecule has 0 saturated carbocycles. The zero-order valence-electron chi connectivity index (χ0n) is 8.88. The summed E-state index contributed by atoms with van der Waals surface area (Å²) in [5, 5.41) is 0. The summed E-state index contributed by atoms with van der Waals surface area (Å²) < 4.78 is 4.95. The van der Waals surface area contributed by atoms with Crippen LogP contribution < -0.4 is 0 Å². The van der Waals surface area contributed by atoms with Crippen molar-refractivity contribution in [3.05, 3.63) is 12.2 Å². The second-order valence-corrected chi connectivity index (χ2v) is 2.97. The molecule has 0 aromatic carbocycles. The van der Waals surface area contributed by atoms with Crippen molar-refractivity contribution in [2.45, 2.75) is 40.0 Å². The van der Waals surface area contributed by atoms with Crippen molar-refractivity contribution in [1.29, 1.82) is 0 Å². The maximum atomic E-state index is 11.3. The maximum Gasteiger partial charge on any atom is 0.309 e. The predicted octanol–water partition coefficient (Wildman–Crippen LogP) is 2.93. The predicted molar refractivity (Wildman–Crippen MR) is 54.5 cm³/mol. The Morgan fingerprint density at radius 2 is 2.00 bits per heavy atom. The lowest BCUT2D eigenvalue weighted by molar-refractivity contribution is -0.148. The van der Waals surface area contributed by atoms with Crippen molar-refractivity contribution in [2.24, 2.45) is 5.92 Å². The Morgan fingerprint density at radius 3 is 2.46 bits per heavy atom. The fourth-order valence-corrected chi connectivity index (χ4v) is 1.12. The van der Waals surface area contributed by atoms with E-state index in [0.717, 1.165) is 19.3 Å². The first kappa shape index (κ1) is 12.2. The maximum absolute atomic E-state index is 11.3. The topological polar surface area (TPSA) is 26.3 Å². The zero-order valence-corrected chi connectivity index (χ0v) is 8.88. The van der Waals surface area contributed by atoms with E-state index < -0.39 is 0 Å². The van der Waals surface area contributed by atoms with Crippen LogP contribution in [0.1, 0.15) is 40.0 Å². The van der Waals surface area contributed by atoms with Crippen LogP contribution in [0, 0.1) is 5.92 Å². The molecule has 0 N–H and O–H groups in total. The molecule has 2 nitrogen and oxygen atoms in total. The van der Waals surface area contributed by atoms with E-state index in [2.05, 4.69) is 19.1 Å². The molecule has 0 aliphatic rings. The lowest BCUT2D eigenvalue weighted by Gasteiger charge is -2.10. The lowest BCUT2D eigenvalue weighted by Crippen LogP contribution is -2.16. The molecule has 76 valence electrons. The molecule has 0 aromatic rings. The smallest absolute Gasteiger partial charge is 0.309 e. The molecule has 0 aliphatic heterocycles. The van der Waals surface area contributed by atoms with Gasteiger partial charge in [-0.05, 0) is 26.2 Å². The van der Waals surface area contributed by atoms with Crippen LogP contribution in [0.2, 0.25) is 0 Å². The Hall–Kier alpha value is -0.790. The van der Waals surface area contributed by atoms with Crippen molar-refractivity contribution in [1.82, 2.24) is 0 Å². The van der Waals surface area contributed by atoms with Crippen molar-refractivity contribution < 1.29 is 9.53 Å². The first-order chi connectivity index (χ1) is 6.26. The van der Waals surface area contributed by atoms with Crippen molar-refractivity contribution >= 4 is 5.97 Å². The molecule has 0 saturated heterocycles. The Bertz CT molecular complexity index is 161. The van der Waals surface area contributed by atoms with E-state index in [1.165, 1.54) is 0 Å². The number of hydrogen-bond donors (Lipinski definition) is 0. The average Bonchev–Trinajstić information content (AvgIpc) is 2.13. The molecule has 1 unspecified atom stereocenters. The summed E-state index contributed by atoms with van der Waals surface area (Å²) >= 11 is 0. The third-order valence-corrected chi connectivity index (χ3v) is 1.94. The molecule has 0 bridgehead atoms. The Kier molecular flexibility index (Phi) is 7.36. The Labute approximate surface area is 81.0 Å². The van der Waals surface area contributed by atoms with E-state index in [-0.39, 0.29) is 11.9 Å². The lowest BCUT2D eigenvalue weighted by atomic mass is 10.0. The minimum absolute atomic E-state index is 0.0442. The van der Waals surface area contributed by atoms with Gasteiger partial charge in [0.2, 0.25) is 0 Å². The van der Waals surface area contributed by atoms with Crippen LogP contribution in [0.15, 0.2) is 12.2 Å². The van der Waals surface area contributed by atoms with Gasteiger partial charge in [-0.1, -0.05) is 26.0 Å². The van der Waals surface area contributed by atoms with Gasteiger partial charge in [0.1, 0.15) is 0 Å². The first-order valence-electron chi connectivity index (χ1n) is 5.07. The highest BCUT2D eigenvalue weighted by Gasteiger charge is 2.15. The standard InChI is InChI=1S/C11H20O2/c1-4-7-8-9-10(5-2)11(12)13-6-3/h7-8,10H,4-6,9H2,1-3H3. The number of allylic oxidation sites excluding steroid dienone is 2. The van der Waals surface area contributed by atoms with Gasteiger partial charge in [-0.15, -0.1) is 0 Å².